The van der Waals surface area contributed by atoms with Gasteiger partial charge >= 0.3 is 0 Å². The van der Waals surface area contributed by atoms with Crippen molar-refractivity contribution in [3.63, 3.8) is 0 Å². The van der Waals surface area contributed by atoms with Crippen LogP contribution in [0.15, 0.2) is 65.7 Å². The number of amides is 1. The monoisotopic (exact) mass is 411 g/mol. The van der Waals surface area contributed by atoms with E-state index in [9.17, 15) is 13.2 Å². The molecule has 4 rings (SSSR count). The first-order chi connectivity index (χ1) is 13.9. The minimum Gasteiger partial charge on any atom is -0.489 e. The topological polar surface area (TPSA) is 103 Å². The van der Waals surface area contributed by atoms with E-state index in [0.29, 0.717) is 18.7 Å². The maximum atomic E-state index is 13.2. The quantitative estimate of drug-likeness (QED) is 0.695. The predicted octanol–water partition coefficient (Wildman–Crippen LogP) is 2.57. The molecule has 0 aliphatic carbocycles. The molecule has 1 aliphatic rings. The Morgan fingerprint density at radius 2 is 1.90 bits per heavy atom. The van der Waals surface area contributed by atoms with Crippen LogP contribution in [0.2, 0.25) is 0 Å². The molecule has 0 radical (unpaired) electrons. The lowest BCUT2D eigenvalue weighted by Gasteiger charge is -2.32. The number of sulfonamides is 1. The Bertz CT molecular complexity index is 1160. The molecule has 8 heteroatoms. The van der Waals surface area contributed by atoms with Gasteiger partial charge in [-0.15, -0.1) is 0 Å². The Kier molecular flexibility index (Phi) is 5.21. The number of primary amides is 1. The molecule has 0 saturated carbocycles. The van der Waals surface area contributed by atoms with Crippen molar-refractivity contribution in [2.45, 2.75) is 23.8 Å². The van der Waals surface area contributed by atoms with E-state index in [1.54, 1.807) is 18.2 Å². The summed E-state index contributed by atoms with van der Waals surface area (Å²) in [6, 6.07) is 15.9. The number of pyridine rings is 1. The number of carbonyl (C=O) groups is 1. The van der Waals surface area contributed by atoms with Crippen molar-refractivity contribution in [2.75, 3.05) is 13.1 Å². The molecule has 3 aromatic rings. The number of nitrogens with zero attached hydrogens (tertiary/aromatic N) is 2. The van der Waals surface area contributed by atoms with E-state index in [1.807, 2.05) is 30.3 Å². The number of ether oxygens (including phenoxy) is 1. The number of hydrogen-bond donors (Lipinski definition) is 1. The highest BCUT2D eigenvalue weighted by Crippen LogP contribution is 2.26. The van der Waals surface area contributed by atoms with Gasteiger partial charge in [-0.25, -0.2) is 8.42 Å². The van der Waals surface area contributed by atoms with E-state index < -0.39 is 15.9 Å². The molecule has 2 aromatic carbocycles. The van der Waals surface area contributed by atoms with Crippen molar-refractivity contribution >= 4 is 26.7 Å². The fourth-order valence-corrected chi connectivity index (χ4v) is 5.05. The fourth-order valence-electron chi connectivity index (χ4n) is 3.51. The van der Waals surface area contributed by atoms with E-state index >= 15 is 0 Å². The minimum atomic E-state index is -3.63. The van der Waals surface area contributed by atoms with Crippen molar-refractivity contribution in [2.24, 2.45) is 5.73 Å². The Balaban J connectivity index is 1.53. The first kappa shape index (κ1) is 19.4. The third kappa shape index (κ3) is 4.08. The van der Waals surface area contributed by atoms with E-state index in [-0.39, 0.29) is 23.2 Å². The standard InChI is InChI=1S/C21H21N3O4S/c22-21(25)20-13-17(9-10-23-20)28-18-6-3-11-24(14-18)29(26,27)19-8-7-15-4-1-2-5-16(15)12-19/h1-2,4-5,7-10,12-13,18H,3,6,11,14H2,(H2,22,25). The molecule has 29 heavy (non-hydrogen) atoms. The lowest BCUT2D eigenvalue weighted by molar-refractivity contribution is 0.0993. The maximum Gasteiger partial charge on any atom is 0.267 e. The highest BCUT2D eigenvalue weighted by Gasteiger charge is 2.31. The second-order valence-corrected chi connectivity index (χ2v) is 8.93. The minimum absolute atomic E-state index is 0.110. The van der Waals surface area contributed by atoms with Gasteiger partial charge in [0.25, 0.3) is 5.91 Å². The molecular formula is C21H21N3O4S. The lowest BCUT2D eigenvalue weighted by Crippen LogP contribution is -2.44. The van der Waals surface area contributed by atoms with Crippen molar-refractivity contribution in [3.8, 4) is 5.75 Å². The van der Waals surface area contributed by atoms with Crippen LogP contribution in [0.4, 0.5) is 0 Å². The second kappa shape index (κ2) is 7.81. The highest BCUT2D eigenvalue weighted by atomic mass is 32.2. The summed E-state index contributed by atoms with van der Waals surface area (Å²) in [7, 11) is -3.63. The first-order valence-corrected chi connectivity index (χ1v) is 10.8. The molecule has 2 heterocycles. The van der Waals surface area contributed by atoms with Gasteiger partial charge in [-0.2, -0.15) is 4.31 Å². The van der Waals surface area contributed by atoms with E-state index in [2.05, 4.69) is 4.98 Å². The van der Waals surface area contributed by atoms with Crippen LogP contribution in [-0.4, -0.2) is 42.8 Å². The molecule has 0 bridgehead atoms. The number of benzene rings is 2. The van der Waals surface area contributed by atoms with Gasteiger partial charge < -0.3 is 10.5 Å². The number of hydrogen-bond acceptors (Lipinski definition) is 5. The summed E-state index contributed by atoms with van der Waals surface area (Å²) in [5.74, 6) is -0.191. The number of piperidine rings is 1. The van der Waals surface area contributed by atoms with Crippen LogP contribution >= 0.6 is 0 Å². The van der Waals surface area contributed by atoms with Crippen molar-refractivity contribution in [1.82, 2.24) is 9.29 Å². The van der Waals surface area contributed by atoms with Crippen molar-refractivity contribution < 1.29 is 17.9 Å². The van der Waals surface area contributed by atoms with Crippen molar-refractivity contribution in [1.29, 1.82) is 0 Å². The third-order valence-electron chi connectivity index (χ3n) is 4.99. The summed E-state index contributed by atoms with van der Waals surface area (Å²) >= 11 is 0. The summed E-state index contributed by atoms with van der Waals surface area (Å²) in [6.07, 6.45) is 2.53. The third-order valence-corrected chi connectivity index (χ3v) is 6.85. The van der Waals surface area contributed by atoms with Crippen LogP contribution in [0.5, 0.6) is 5.75 Å². The molecule has 1 atom stereocenters. The van der Waals surface area contributed by atoms with E-state index in [1.165, 1.54) is 16.6 Å². The molecule has 1 saturated heterocycles. The van der Waals surface area contributed by atoms with Crippen LogP contribution in [0.3, 0.4) is 0 Å². The lowest BCUT2D eigenvalue weighted by atomic mass is 10.1. The summed E-state index contributed by atoms with van der Waals surface area (Å²) < 4.78 is 33.7. The number of rotatable bonds is 5. The molecule has 1 amide bonds. The zero-order chi connectivity index (χ0) is 20.4. The van der Waals surface area contributed by atoms with Crippen LogP contribution < -0.4 is 10.5 Å². The molecule has 1 unspecified atom stereocenters. The van der Waals surface area contributed by atoms with Gasteiger partial charge in [0.15, 0.2) is 0 Å². The average Bonchev–Trinajstić information content (AvgIpc) is 2.74. The Hall–Kier alpha value is -2.97. The Morgan fingerprint density at radius 3 is 2.69 bits per heavy atom. The largest absolute Gasteiger partial charge is 0.489 e. The molecule has 1 aliphatic heterocycles. The zero-order valence-electron chi connectivity index (χ0n) is 15.7. The smallest absolute Gasteiger partial charge is 0.267 e. The molecule has 2 N–H and O–H groups in total. The maximum absolute atomic E-state index is 13.2. The summed E-state index contributed by atoms with van der Waals surface area (Å²) in [5, 5.41) is 1.88. The number of fused-ring (bicyclic) bond motifs is 1. The van der Waals surface area contributed by atoms with Crippen LogP contribution in [0.1, 0.15) is 23.3 Å². The molecule has 1 fully saturated rings. The van der Waals surface area contributed by atoms with Gasteiger partial charge in [0.05, 0.1) is 11.4 Å². The van der Waals surface area contributed by atoms with Gasteiger partial charge in [-0.05, 0) is 41.8 Å². The molecule has 150 valence electrons. The molecule has 1 aromatic heterocycles. The normalized spacial score (nSPS) is 17.9. The SMILES string of the molecule is NC(=O)c1cc(OC2CCCN(S(=O)(=O)c3ccc4ccccc4c3)C2)ccn1. The Morgan fingerprint density at radius 1 is 1.10 bits per heavy atom. The summed E-state index contributed by atoms with van der Waals surface area (Å²) in [6.45, 7) is 0.682. The number of nitrogens with two attached hydrogens (primary N) is 1. The molecule has 0 spiro atoms. The molecule has 7 nitrogen and oxygen atoms in total. The highest BCUT2D eigenvalue weighted by molar-refractivity contribution is 7.89. The van der Waals surface area contributed by atoms with Gasteiger partial charge in [0, 0.05) is 18.8 Å². The number of carbonyl (C=O) groups excluding carboxylic acids is 1. The van der Waals surface area contributed by atoms with Crippen LogP contribution in [0, 0.1) is 0 Å². The summed E-state index contributed by atoms with van der Waals surface area (Å²) in [5.41, 5.74) is 5.36. The Labute approximate surface area is 169 Å². The van der Waals surface area contributed by atoms with Gasteiger partial charge in [-0.1, -0.05) is 30.3 Å². The van der Waals surface area contributed by atoms with Gasteiger partial charge in [0.2, 0.25) is 10.0 Å². The van der Waals surface area contributed by atoms with Crippen LogP contribution in [-0.2, 0) is 10.0 Å². The van der Waals surface area contributed by atoms with Gasteiger partial charge in [0.1, 0.15) is 17.5 Å². The first-order valence-electron chi connectivity index (χ1n) is 9.35. The predicted molar refractivity (Wildman–Crippen MR) is 109 cm³/mol. The average molecular weight is 411 g/mol. The van der Waals surface area contributed by atoms with Gasteiger partial charge in [-0.3, -0.25) is 9.78 Å². The zero-order valence-corrected chi connectivity index (χ0v) is 16.5. The molecular weight excluding hydrogens is 390 g/mol. The van der Waals surface area contributed by atoms with Crippen molar-refractivity contribution in [3.05, 3.63) is 66.5 Å². The van der Waals surface area contributed by atoms with Crippen LogP contribution in [0.25, 0.3) is 10.8 Å². The van der Waals surface area contributed by atoms with E-state index in [4.69, 9.17) is 10.5 Å². The summed E-state index contributed by atoms with van der Waals surface area (Å²) in [4.78, 5) is 15.5. The second-order valence-electron chi connectivity index (χ2n) is 7.00. The fraction of sp³-hybridized carbons (Fsp3) is 0.238. The van der Waals surface area contributed by atoms with E-state index in [0.717, 1.165) is 17.2 Å². The number of aromatic nitrogens is 1.